The maximum absolute atomic E-state index is 12.8. The zero-order valence-electron chi connectivity index (χ0n) is 18.7. The fourth-order valence-electron chi connectivity index (χ4n) is 4.80. The van der Waals surface area contributed by atoms with Crippen LogP contribution in [0, 0.1) is 0 Å². The molecule has 2 aliphatic rings. The predicted molar refractivity (Wildman–Crippen MR) is 127 cm³/mol. The van der Waals surface area contributed by atoms with E-state index in [4.69, 9.17) is 0 Å². The molecule has 0 bridgehead atoms. The zero-order chi connectivity index (χ0) is 23.7. The van der Waals surface area contributed by atoms with Gasteiger partial charge < -0.3 is 10.0 Å². The molecule has 34 heavy (non-hydrogen) atoms. The van der Waals surface area contributed by atoms with Crippen molar-refractivity contribution in [3.63, 3.8) is 0 Å². The van der Waals surface area contributed by atoms with Crippen LogP contribution in [-0.4, -0.2) is 52.1 Å². The van der Waals surface area contributed by atoms with Gasteiger partial charge in [-0.3, -0.25) is 9.58 Å². The van der Waals surface area contributed by atoms with Crippen LogP contribution in [0.4, 0.5) is 18.9 Å². The average Bonchev–Trinajstić information content (AvgIpc) is 3.48. The fourth-order valence-corrected chi connectivity index (χ4v) is 4.80. The standard InChI is InChI=1S/C26H27F3N4O/c27-26(28,29)22-5-3-19(4-6-22)20-9-12-32(13-10-20)23-7-8-25-21(16-23)17-30-33(25)15-14-31-11-1-2-24(31)18-34/h3-10,12,16-17,24,34H,1-2,11,13-15,18H2/t24-/m0/s1. The smallest absolute Gasteiger partial charge is 0.395 e. The number of alkyl halides is 3. The number of hydrogen-bond donors (Lipinski definition) is 1. The fraction of sp³-hybridized carbons (Fsp3) is 0.346. The topological polar surface area (TPSA) is 44.5 Å². The lowest BCUT2D eigenvalue weighted by Gasteiger charge is -2.23. The van der Waals surface area contributed by atoms with Crippen LogP contribution in [0.2, 0.25) is 0 Å². The highest BCUT2D eigenvalue weighted by atomic mass is 19.4. The van der Waals surface area contributed by atoms with Gasteiger partial charge in [0.1, 0.15) is 0 Å². The Balaban J connectivity index is 1.25. The Morgan fingerprint density at radius 2 is 1.88 bits per heavy atom. The molecular weight excluding hydrogens is 441 g/mol. The highest BCUT2D eigenvalue weighted by molar-refractivity contribution is 5.84. The van der Waals surface area contributed by atoms with Crippen LogP contribution in [0.1, 0.15) is 24.0 Å². The van der Waals surface area contributed by atoms with Crippen LogP contribution >= 0.6 is 0 Å². The lowest BCUT2D eigenvalue weighted by Crippen LogP contribution is -2.34. The number of halogens is 3. The number of benzene rings is 2. The van der Waals surface area contributed by atoms with Crippen LogP contribution in [0.15, 0.2) is 67.0 Å². The van der Waals surface area contributed by atoms with Crippen molar-refractivity contribution in [1.82, 2.24) is 14.7 Å². The molecule has 3 heterocycles. The maximum Gasteiger partial charge on any atom is 0.416 e. The van der Waals surface area contributed by atoms with Gasteiger partial charge in [0.15, 0.2) is 0 Å². The largest absolute Gasteiger partial charge is 0.416 e. The van der Waals surface area contributed by atoms with E-state index < -0.39 is 11.7 Å². The van der Waals surface area contributed by atoms with E-state index in [-0.39, 0.29) is 12.6 Å². The summed E-state index contributed by atoms with van der Waals surface area (Å²) in [5.74, 6) is 0. The number of fused-ring (bicyclic) bond motifs is 1. The zero-order valence-corrected chi connectivity index (χ0v) is 18.7. The van der Waals surface area contributed by atoms with Crippen molar-refractivity contribution in [1.29, 1.82) is 0 Å². The molecule has 0 unspecified atom stereocenters. The van der Waals surface area contributed by atoms with Gasteiger partial charge in [0.25, 0.3) is 0 Å². The molecule has 2 aromatic carbocycles. The van der Waals surface area contributed by atoms with Gasteiger partial charge in [-0.05, 0) is 66.9 Å². The molecule has 5 rings (SSSR count). The van der Waals surface area contributed by atoms with Gasteiger partial charge in [-0.2, -0.15) is 18.3 Å². The first-order chi connectivity index (χ1) is 16.4. The molecule has 1 fully saturated rings. The highest BCUT2D eigenvalue weighted by Crippen LogP contribution is 2.31. The van der Waals surface area contributed by atoms with Crippen LogP contribution in [0.25, 0.3) is 16.5 Å². The summed E-state index contributed by atoms with van der Waals surface area (Å²) >= 11 is 0. The van der Waals surface area contributed by atoms with E-state index in [1.54, 1.807) is 0 Å². The summed E-state index contributed by atoms with van der Waals surface area (Å²) in [6.07, 6.45) is 5.64. The second kappa shape index (κ2) is 9.27. The molecule has 3 aromatic rings. The molecule has 1 N–H and O–H groups in total. The molecule has 8 heteroatoms. The monoisotopic (exact) mass is 468 g/mol. The summed E-state index contributed by atoms with van der Waals surface area (Å²) in [4.78, 5) is 4.43. The minimum atomic E-state index is -4.32. The summed E-state index contributed by atoms with van der Waals surface area (Å²) in [6.45, 7) is 3.52. The molecule has 5 nitrogen and oxygen atoms in total. The van der Waals surface area contributed by atoms with Gasteiger partial charge in [0.2, 0.25) is 0 Å². The third-order valence-corrected chi connectivity index (χ3v) is 6.75. The second-order valence-corrected chi connectivity index (χ2v) is 8.83. The van der Waals surface area contributed by atoms with Gasteiger partial charge in [0.05, 0.1) is 30.4 Å². The molecule has 0 aliphatic carbocycles. The lowest BCUT2D eigenvalue weighted by molar-refractivity contribution is -0.137. The number of nitrogens with zero attached hydrogens (tertiary/aromatic N) is 4. The minimum Gasteiger partial charge on any atom is -0.395 e. The summed E-state index contributed by atoms with van der Waals surface area (Å²) in [5.41, 5.74) is 3.14. The van der Waals surface area contributed by atoms with Crippen LogP contribution in [-0.2, 0) is 12.7 Å². The molecule has 1 aromatic heterocycles. The summed E-state index contributed by atoms with van der Waals surface area (Å²) in [7, 11) is 0. The first-order valence-electron chi connectivity index (χ1n) is 11.6. The van der Waals surface area contributed by atoms with E-state index in [0.717, 1.165) is 72.3 Å². The van der Waals surface area contributed by atoms with Gasteiger partial charge >= 0.3 is 6.18 Å². The van der Waals surface area contributed by atoms with Crippen molar-refractivity contribution < 1.29 is 18.3 Å². The second-order valence-electron chi connectivity index (χ2n) is 8.83. The van der Waals surface area contributed by atoms with Gasteiger partial charge in [-0.15, -0.1) is 0 Å². The molecule has 0 spiro atoms. The molecular formula is C26H27F3N4O. The number of likely N-dealkylation sites (tertiary alicyclic amines) is 1. The molecule has 0 amide bonds. The first kappa shape index (κ1) is 22.7. The van der Waals surface area contributed by atoms with Crippen LogP contribution in [0.5, 0.6) is 0 Å². The Labute approximate surface area is 196 Å². The van der Waals surface area contributed by atoms with Crippen LogP contribution in [0.3, 0.4) is 0 Å². The van der Waals surface area contributed by atoms with E-state index in [1.807, 2.05) is 29.2 Å². The van der Waals surface area contributed by atoms with Gasteiger partial charge in [-0.25, -0.2) is 0 Å². The SMILES string of the molecule is OC[C@@H]1CCCN1CCn1ncc2cc(N3C=CC(c4ccc(C(F)(F)F)cc4)=CC3)ccc21. The molecule has 0 saturated carbocycles. The minimum absolute atomic E-state index is 0.210. The molecule has 1 atom stereocenters. The quantitative estimate of drug-likeness (QED) is 0.557. The third-order valence-electron chi connectivity index (χ3n) is 6.75. The number of rotatable bonds is 6. The Morgan fingerprint density at radius 1 is 1.06 bits per heavy atom. The van der Waals surface area contributed by atoms with E-state index in [1.165, 1.54) is 12.1 Å². The number of hydrogen-bond acceptors (Lipinski definition) is 4. The van der Waals surface area contributed by atoms with Crippen LogP contribution < -0.4 is 4.90 Å². The number of anilines is 1. The van der Waals surface area contributed by atoms with Crippen molar-refractivity contribution in [3.8, 4) is 0 Å². The van der Waals surface area contributed by atoms with Crippen molar-refractivity contribution in [2.75, 3.05) is 31.1 Å². The Bertz CT molecular complexity index is 1210. The molecule has 0 radical (unpaired) electrons. The number of aliphatic hydroxyl groups is 1. The Morgan fingerprint density at radius 3 is 2.59 bits per heavy atom. The molecule has 2 aliphatic heterocycles. The van der Waals surface area contributed by atoms with Crippen molar-refractivity contribution in [3.05, 3.63) is 78.1 Å². The summed E-state index contributed by atoms with van der Waals surface area (Å²) in [5, 5.41) is 15.1. The summed E-state index contributed by atoms with van der Waals surface area (Å²) < 4.78 is 40.4. The van der Waals surface area contributed by atoms with E-state index in [9.17, 15) is 18.3 Å². The molecule has 1 saturated heterocycles. The predicted octanol–water partition coefficient (Wildman–Crippen LogP) is 4.93. The van der Waals surface area contributed by atoms with E-state index in [2.05, 4.69) is 33.1 Å². The van der Waals surface area contributed by atoms with Gasteiger partial charge in [-0.1, -0.05) is 18.2 Å². The lowest BCUT2D eigenvalue weighted by atomic mass is 10.0. The van der Waals surface area contributed by atoms with E-state index >= 15 is 0 Å². The number of aliphatic hydroxyl groups excluding tert-OH is 1. The summed E-state index contributed by atoms with van der Waals surface area (Å²) in [6, 6.07) is 11.8. The van der Waals surface area contributed by atoms with E-state index in [0.29, 0.717) is 6.54 Å². The number of allylic oxidation sites excluding steroid dienone is 2. The van der Waals surface area contributed by atoms with Crippen molar-refractivity contribution >= 4 is 22.2 Å². The van der Waals surface area contributed by atoms with Crippen molar-refractivity contribution in [2.45, 2.75) is 31.6 Å². The Hall–Kier alpha value is -3.10. The molecule has 178 valence electrons. The number of aromatic nitrogens is 2. The highest BCUT2D eigenvalue weighted by Gasteiger charge is 2.30. The average molecular weight is 469 g/mol. The maximum atomic E-state index is 12.8. The van der Waals surface area contributed by atoms with Crippen molar-refractivity contribution in [2.24, 2.45) is 0 Å². The Kier molecular flexibility index (Phi) is 6.18. The normalized spacial score (nSPS) is 19.2. The first-order valence-corrected chi connectivity index (χ1v) is 11.6. The van der Waals surface area contributed by atoms with Gasteiger partial charge in [0, 0.05) is 36.4 Å². The third kappa shape index (κ3) is 4.60.